The molecule has 0 aliphatic heterocycles. The van der Waals surface area contributed by atoms with Crippen molar-refractivity contribution in [2.75, 3.05) is 4.93 Å². The molecule has 0 saturated carbocycles. The van der Waals surface area contributed by atoms with Crippen LogP contribution in [-0.4, -0.2) is 37.1 Å². The van der Waals surface area contributed by atoms with Crippen LogP contribution in [0.3, 0.4) is 0 Å². The Morgan fingerprint density at radius 2 is 1.29 bits per heavy atom. The van der Waals surface area contributed by atoms with Crippen molar-refractivity contribution in [1.82, 2.24) is 19.6 Å². The third-order valence-corrected chi connectivity index (χ3v) is 2.86. The molecule has 0 saturated heterocycles. The van der Waals surface area contributed by atoms with E-state index in [0.717, 1.165) is 0 Å². The van der Waals surface area contributed by atoms with E-state index in [2.05, 4.69) is 92.7 Å². The quantitative estimate of drug-likeness (QED) is 0.198. The number of carbonyl (C=O) groups excluding carboxylic acids is 2. The summed E-state index contributed by atoms with van der Waals surface area (Å²) in [4.78, 5) is 21.5. The van der Waals surface area contributed by atoms with Crippen molar-refractivity contribution in [2.24, 2.45) is 14.1 Å². The number of carbonyl (C=O) groups is 2. The van der Waals surface area contributed by atoms with Gasteiger partial charge in [0.2, 0.25) is 0 Å². The number of aldehydes is 2. The first-order valence-electron chi connectivity index (χ1n) is 6.72. The third kappa shape index (κ3) is 13.9. The molecule has 0 aromatic carbocycles. The van der Waals surface area contributed by atoms with Crippen LogP contribution in [0.2, 0.25) is 0 Å². The van der Waals surface area contributed by atoms with Gasteiger partial charge >= 0.3 is 64.9 Å². The molecule has 0 bridgehead atoms. The molecule has 15 heteroatoms. The standard InChI is InChI=1S/C6H6Cl2N2O.C6H6F2N2O.CH3I.3HI.V/c2*1-10-2-4(3-11)5(9-10)6(7)8;1-2;;;;/h2*2-3,6H,1H3;1H3;3*1H;/q;;;;;;+3/p-3. The van der Waals surface area contributed by atoms with Crippen LogP contribution < -0.4 is 0 Å². The maximum atomic E-state index is 12.0. The van der Waals surface area contributed by atoms with Crippen LogP contribution in [0.1, 0.15) is 43.4 Å². The first-order valence-corrected chi connectivity index (χ1v) is 23.3. The summed E-state index contributed by atoms with van der Waals surface area (Å²) < 4.78 is 26.7. The Labute approximate surface area is 223 Å². The van der Waals surface area contributed by atoms with E-state index < -0.39 is 17.0 Å². The minimum absolute atomic E-state index is 0.0532. The van der Waals surface area contributed by atoms with Crippen molar-refractivity contribution < 1.29 is 23.3 Å². The molecule has 2 rings (SSSR count). The molecule has 0 atom stereocenters. The molecular weight excluding hydrogens is 912 g/mol. The van der Waals surface area contributed by atoms with Gasteiger partial charge in [0.1, 0.15) is 11.4 Å². The van der Waals surface area contributed by atoms with Crippen molar-refractivity contribution in [3.63, 3.8) is 0 Å². The van der Waals surface area contributed by atoms with Crippen LogP contribution in [-0.2, 0) is 19.0 Å². The van der Waals surface area contributed by atoms with Crippen LogP contribution in [0.4, 0.5) is 8.78 Å². The molecule has 2 aromatic rings. The molecule has 28 heavy (non-hydrogen) atoms. The van der Waals surface area contributed by atoms with E-state index in [-0.39, 0.29) is 10.5 Å². The first kappa shape index (κ1) is 31.9. The number of aryl methyl sites for hydroxylation is 2. The summed E-state index contributed by atoms with van der Waals surface area (Å²) in [6.45, 7) is 0. The number of nitrogens with zero attached hydrogens (tertiary/aromatic N) is 4. The van der Waals surface area contributed by atoms with Gasteiger partial charge in [-0.15, -0.1) is 0 Å². The maximum absolute atomic E-state index is 12.0. The molecule has 160 valence electrons. The molecule has 0 aliphatic carbocycles. The SMILES string of the molecule is CI.Cn1cc(C=O)c(C(Cl)Cl)n1.Cn1cc(C=O)c(C(F)F)n1.[I][V]([I])[I]. The van der Waals surface area contributed by atoms with Crippen molar-refractivity contribution >= 4 is 118 Å². The summed E-state index contributed by atoms with van der Waals surface area (Å²) in [7, 11) is 3.19. The fourth-order valence-electron chi connectivity index (χ4n) is 1.57. The van der Waals surface area contributed by atoms with E-state index in [1.807, 2.05) is 4.93 Å². The third-order valence-electron chi connectivity index (χ3n) is 2.44. The van der Waals surface area contributed by atoms with E-state index in [9.17, 15) is 18.4 Å². The van der Waals surface area contributed by atoms with Gasteiger partial charge in [-0.25, -0.2) is 8.78 Å². The fraction of sp³-hybridized carbons (Fsp3) is 0.385. The Hall–Kier alpha value is 1.70. The molecule has 6 nitrogen and oxygen atoms in total. The molecule has 0 radical (unpaired) electrons. The Morgan fingerprint density at radius 1 is 0.964 bits per heavy atom. The summed E-state index contributed by atoms with van der Waals surface area (Å²) in [5.41, 5.74) is 0.332. The molecule has 0 amide bonds. The van der Waals surface area contributed by atoms with Gasteiger partial charge in [0, 0.05) is 26.5 Å². The monoisotopic (exact) mass is 926 g/mol. The van der Waals surface area contributed by atoms with Crippen molar-refractivity contribution in [2.45, 2.75) is 11.3 Å². The first-order chi connectivity index (χ1) is 13.0. The zero-order chi connectivity index (χ0) is 22.4. The van der Waals surface area contributed by atoms with Gasteiger partial charge in [-0.05, 0) is 4.93 Å². The van der Waals surface area contributed by atoms with Crippen LogP contribution in [0.5, 0.6) is 0 Å². The average molecular weight is 927 g/mol. The van der Waals surface area contributed by atoms with Gasteiger partial charge in [-0.2, -0.15) is 10.2 Å². The molecular formula is C13H15Cl2F2I4N4O2V. The summed E-state index contributed by atoms with van der Waals surface area (Å²) in [6, 6.07) is 0. The van der Waals surface area contributed by atoms with E-state index in [0.29, 0.717) is 23.8 Å². The Kier molecular flexibility index (Phi) is 20.8. The van der Waals surface area contributed by atoms with Gasteiger partial charge in [0.25, 0.3) is 6.43 Å². The Balaban J connectivity index is 0. The van der Waals surface area contributed by atoms with Crippen LogP contribution in [0.15, 0.2) is 12.4 Å². The summed E-state index contributed by atoms with van der Waals surface area (Å²) in [6.07, 6.45) is 1.19. The van der Waals surface area contributed by atoms with Crippen LogP contribution in [0, 0.1) is 0 Å². The summed E-state index contributed by atoms with van der Waals surface area (Å²) in [5.74, 6) is 0. The Bertz CT molecular complexity index is 662. The summed E-state index contributed by atoms with van der Waals surface area (Å²) in [5, 5.41) is 7.32. The number of aromatic nitrogens is 4. The van der Waals surface area contributed by atoms with Crippen molar-refractivity contribution in [1.29, 1.82) is 0 Å². The van der Waals surface area contributed by atoms with E-state index in [4.69, 9.17) is 23.2 Å². The molecule has 0 aliphatic rings. The average Bonchev–Trinajstić information content (AvgIpc) is 3.19. The number of hydrogen-bond donors (Lipinski definition) is 0. The summed E-state index contributed by atoms with van der Waals surface area (Å²) >= 11 is 20.6. The van der Waals surface area contributed by atoms with Gasteiger partial charge in [-0.3, -0.25) is 19.0 Å². The van der Waals surface area contributed by atoms with Gasteiger partial charge in [0.15, 0.2) is 17.4 Å². The molecule has 2 heterocycles. The second-order valence-electron chi connectivity index (χ2n) is 4.32. The van der Waals surface area contributed by atoms with Crippen molar-refractivity contribution in [3.05, 3.63) is 34.9 Å². The second-order valence-corrected chi connectivity index (χ2v) is 40.8. The zero-order valence-corrected chi connectivity index (χ0v) is 26.1. The second kappa shape index (κ2) is 18.3. The fourth-order valence-corrected chi connectivity index (χ4v) is 1.91. The van der Waals surface area contributed by atoms with E-state index >= 15 is 0 Å². The van der Waals surface area contributed by atoms with Crippen LogP contribution in [0.25, 0.3) is 0 Å². The van der Waals surface area contributed by atoms with Gasteiger partial charge in [0.05, 0.1) is 11.1 Å². The number of halogens is 8. The molecule has 0 N–H and O–H groups in total. The predicted molar refractivity (Wildman–Crippen MR) is 139 cm³/mol. The minimum atomic E-state index is -2.68. The predicted octanol–water partition coefficient (Wildman–Crippen LogP) is 6.58. The number of rotatable bonds is 4. The van der Waals surface area contributed by atoms with E-state index in [1.165, 1.54) is 22.6 Å². The molecule has 0 spiro atoms. The number of alkyl halides is 5. The Morgan fingerprint density at radius 3 is 1.50 bits per heavy atom. The molecule has 0 unspecified atom stereocenters. The topological polar surface area (TPSA) is 69.8 Å². The van der Waals surface area contributed by atoms with Gasteiger partial charge in [-0.1, -0.05) is 45.8 Å². The molecule has 2 aromatic heterocycles. The van der Waals surface area contributed by atoms with Crippen LogP contribution >= 0.6 is 106 Å². The number of hydrogen-bond acceptors (Lipinski definition) is 4. The molecule has 0 fully saturated rings. The van der Waals surface area contributed by atoms with Gasteiger partial charge < -0.3 is 0 Å². The van der Waals surface area contributed by atoms with E-state index in [1.54, 1.807) is 13.2 Å². The normalized spacial score (nSPS) is 9.79. The zero-order valence-electron chi connectivity index (χ0n) is 14.5. The van der Waals surface area contributed by atoms with Crippen molar-refractivity contribution in [3.8, 4) is 0 Å².